The number of carbonyl (C=O) groups excluding carboxylic acids is 1. The van der Waals surface area contributed by atoms with Crippen molar-refractivity contribution in [3.8, 4) is 0 Å². The van der Waals surface area contributed by atoms with Gasteiger partial charge in [-0.25, -0.2) is 4.39 Å². The lowest BCUT2D eigenvalue weighted by atomic mass is 10.1. The van der Waals surface area contributed by atoms with Gasteiger partial charge in [0.15, 0.2) is 0 Å². The number of anilines is 1. The van der Waals surface area contributed by atoms with Crippen molar-refractivity contribution in [2.75, 3.05) is 5.32 Å². The summed E-state index contributed by atoms with van der Waals surface area (Å²) in [6, 6.07) is 14.0. The fraction of sp³-hybridized carbons (Fsp3) is 0.133. The van der Waals surface area contributed by atoms with Gasteiger partial charge in [-0.1, -0.05) is 30.3 Å². The van der Waals surface area contributed by atoms with Crippen LogP contribution in [0.1, 0.15) is 11.1 Å². The summed E-state index contributed by atoms with van der Waals surface area (Å²) >= 11 is 0. The highest BCUT2D eigenvalue weighted by molar-refractivity contribution is 5.76. The maximum absolute atomic E-state index is 13.4. The quantitative estimate of drug-likeness (QED) is 0.865. The molecule has 1 amide bonds. The second-order valence-corrected chi connectivity index (χ2v) is 4.28. The van der Waals surface area contributed by atoms with Crippen molar-refractivity contribution in [3.05, 3.63) is 65.5 Å². The van der Waals surface area contributed by atoms with E-state index in [4.69, 9.17) is 5.73 Å². The third-order valence-corrected chi connectivity index (χ3v) is 2.77. The van der Waals surface area contributed by atoms with E-state index in [0.29, 0.717) is 12.1 Å². The van der Waals surface area contributed by atoms with Gasteiger partial charge < -0.3 is 11.1 Å². The highest BCUT2D eigenvalue weighted by atomic mass is 19.1. The SMILES string of the molecule is NC(=O)Cc1ccc(NCc2ccccc2F)cc1. The zero-order valence-corrected chi connectivity index (χ0v) is 10.4. The molecule has 2 aromatic carbocycles. The van der Waals surface area contributed by atoms with Crippen LogP contribution in [0.5, 0.6) is 0 Å². The Labute approximate surface area is 111 Å². The minimum atomic E-state index is -0.355. The third kappa shape index (κ3) is 3.81. The van der Waals surface area contributed by atoms with Crippen molar-refractivity contribution >= 4 is 11.6 Å². The normalized spacial score (nSPS) is 10.2. The van der Waals surface area contributed by atoms with Crippen molar-refractivity contribution in [1.82, 2.24) is 0 Å². The lowest BCUT2D eigenvalue weighted by molar-refractivity contribution is -0.117. The number of hydrogen-bond donors (Lipinski definition) is 2. The monoisotopic (exact) mass is 258 g/mol. The molecule has 0 saturated heterocycles. The summed E-state index contributed by atoms with van der Waals surface area (Å²) in [7, 11) is 0. The van der Waals surface area contributed by atoms with Gasteiger partial charge in [-0.3, -0.25) is 4.79 Å². The van der Waals surface area contributed by atoms with Crippen LogP contribution < -0.4 is 11.1 Å². The van der Waals surface area contributed by atoms with Crippen LogP contribution in [0.15, 0.2) is 48.5 Å². The topological polar surface area (TPSA) is 55.1 Å². The maximum atomic E-state index is 13.4. The molecule has 0 spiro atoms. The van der Waals surface area contributed by atoms with E-state index < -0.39 is 0 Å². The summed E-state index contributed by atoms with van der Waals surface area (Å²) in [6.45, 7) is 0.418. The Hall–Kier alpha value is -2.36. The molecule has 0 atom stereocenters. The predicted octanol–water partition coefficient (Wildman–Crippen LogP) is 2.47. The second kappa shape index (κ2) is 6.00. The molecule has 0 fully saturated rings. The number of primary amides is 1. The lowest BCUT2D eigenvalue weighted by Gasteiger charge is -2.08. The van der Waals surface area contributed by atoms with E-state index in [0.717, 1.165) is 11.3 Å². The molecule has 0 unspecified atom stereocenters. The maximum Gasteiger partial charge on any atom is 0.221 e. The van der Waals surface area contributed by atoms with Crippen molar-refractivity contribution < 1.29 is 9.18 Å². The standard InChI is InChI=1S/C15H15FN2O/c16-14-4-2-1-3-12(14)10-18-13-7-5-11(6-8-13)9-15(17)19/h1-8,18H,9-10H2,(H2,17,19). The van der Waals surface area contributed by atoms with Gasteiger partial charge in [0.1, 0.15) is 5.82 Å². The van der Waals surface area contributed by atoms with Crippen LogP contribution in [0.4, 0.5) is 10.1 Å². The fourth-order valence-electron chi connectivity index (χ4n) is 1.78. The summed E-state index contributed by atoms with van der Waals surface area (Å²) in [5.74, 6) is -0.576. The molecule has 0 aliphatic heterocycles. The van der Waals surface area contributed by atoms with Crippen LogP contribution in [0, 0.1) is 5.82 Å². The molecule has 0 radical (unpaired) electrons. The molecular weight excluding hydrogens is 243 g/mol. The average Bonchev–Trinajstić information content (AvgIpc) is 2.39. The van der Waals surface area contributed by atoms with Gasteiger partial charge in [0.05, 0.1) is 6.42 Å². The van der Waals surface area contributed by atoms with Crippen LogP contribution in [-0.4, -0.2) is 5.91 Å². The predicted molar refractivity (Wildman–Crippen MR) is 73.1 cm³/mol. The number of benzene rings is 2. The fourth-order valence-corrected chi connectivity index (χ4v) is 1.78. The van der Waals surface area contributed by atoms with Gasteiger partial charge in [-0.05, 0) is 23.8 Å². The smallest absolute Gasteiger partial charge is 0.221 e. The number of carbonyl (C=O) groups is 1. The van der Waals surface area contributed by atoms with Crippen molar-refractivity contribution in [2.45, 2.75) is 13.0 Å². The minimum absolute atomic E-state index is 0.222. The molecule has 19 heavy (non-hydrogen) atoms. The molecule has 0 aromatic heterocycles. The molecule has 2 aromatic rings. The van der Waals surface area contributed by atoms with E-state index in [9.17, 15) is 9.18 Å². The van der Waals surface area contributed by atoms with Gasteiger partial charge in [-0.2, -0.15) is 0 Å². The lowest BCUT2D eigenvalue weighted by Crippen LogP contribution is -2.13. The van der Waals surface area contributed by atoms with Gasteiger partial charge in [0.25, 0.3) is 0 Å². The Bertz CT molecular complexity index is 567. The number of nitrogens with one attached hydrogen (secondary N) is 1. The Balaban J connectivity index is 1.97. The molecule has 0 aliphatic rings. The van der Waals surface area contributed by atoms with Crippen molar-refractivity contribution in [3.63, 3.8) is 0 Å². The van der Waals surface area contributed by atoms with Crippen LogP contribution in [0.25, 0.3) is 0 Å². The Morgan fingerprint density at radius 3 is 2.42 bits per heavy atom. The Kier molecular flexibility index (Phi) is 4.13. The van der Waals surface area contributed by atoms with Crippen LogP contribution in [-0.2, 0) is 17.8 Å². The van der Waals surface area contributed by atoms with Gasteiger partial charge in [0, 0.05) is 17.8 Å². The summed E-state index contributed by atoms with van der Waals surface area (Å²) in [5, 5.41) is 3.13. The summed E-state index contributed by atoms with van der Waals surface area (Å²) in [6.07, 6.45) is 0.230. The van der Waals surface area contributed by atoms with E-state index in [-0.39, 0.29) is 18.1 Å². The van der Waals surface area contributed by atoms with Gasteiger partial charge in [0.2, 0.25) is 5.91 Å². The van der Waals surface area contributed by atoms with E-state index in [1.54, 1.807) is 18.2 Å². The van der Waals surface area contributed by atoms with Crippen LogP contribution >= 0.6 is 0 Å². The molecule has 0 heterocycles. The van der Waals surface area contributed by atoms with Crippen LogP contribution in [0.2, 0.25) is 0 Å². The first-order valence-electron chi connectivity index (χ1n) is 5.99. The number of rotatable bonds is 5. The van der Waals surface area contributed by atoms with E-state index in [2.05, 4.69) is 5.32 Å². The van der Waals surface area contributed by atoms with Crippen molar-refractivity contribution in [2.24, 2.45) is 5.73 Å². The highest BCUT2D eigenvalue weighted by Crippen LogP contribution is 2.13. The summed E-state index contributed by atoms with van der Waals surface area (Å²) in [4.78, 5) is 10.8. The minimum Gasteiger partial charge on any atom is -0.381 e. The molecule has 98 valence electrons. The van der Waals surface area contributed by atoms with Gasteiger partial charge >= 0.3 is 0 Å². The Morgan fingerprint density at radius 1 is 1.11 bits per heavy atom. The number of halogens is 1. The Morgan fingerprint density at radius 2 is 1.79 bits per heavy atom. The first kappa shape index (κ1) is 13.1. The van der Waals surface area contributed by atoms with Crippen LogP contribution in [0.3, 0.4) is 0 Å². The molecule has 2 rings (SSSR count). The zero-order chi connectivity index (χ0) is 13.7. The molecule has 3 nitrogen and oxygen atoms in total. The first-order chi connectivity index (χ1) is 9.15. The molecule has 3 N–H and O–H groups in total. The number of hydrogen-bond acceptors (Lipinski definition) is 2. The highest BCUT2D eigenvalue weighted by Gasteiger charge is 2.01. The van der Waals surface area contributed by atoms with E-state index in [1.807, 2.05) is 24.3 Å². The zero-order valence-electron chi connectivity index (χ0n) is 10.4. The first-order valence-corrected chi connectivity index (χ1v) is 5.99. The second-order valence-electron chi connectivity index (χ2n) is 4.28. The van der Waals surface area contributed by atoms with E-state index in [1.165, 1.54) is 6.07 Å². The van der Waals surface area contributed by atoms with E-state index >= 15 is 0 Å². The number of nitrogens with two attached hydrogens (primary N) is 1. The summed E-state index contributed by atoms with van der Waals surface area (Å²) < 4.78 is 13.4. The molecule has 0 bridgehead atoms. The molecule has 0 aliphatic carbocycles. The molecular formula is C15H15FN2O. The third-order valence-electron chi connectivity index (χ3n) is 2.77. The van der Waals surface area contributed by atoms with Gasteiger partial charge in [-0.15, -0.1) is 0 Å². The average molecular weight is 258 g/mol. The molecule has 0 saturated carbocycles. The summed E-state index contributed by atoms with van der Waals surface area (Å²) in [5.41, 5.74) is 7.47. The largest absolute Gasteiger partial charge is 0.381 e. The van der Waals surface area contributed by atoms with Crippen molar-refractivity contribution in [1.29, 1.82) is 0 Å². The molecule has 4 heteroatoms. The number of amides is 1.